The topological polar surface area (TPSA) is 94.4 Å². The molecule has 31 heavy (non-hydrogen) atoms. The second kappa shape index (κ2) is 8.95. The predicted octanol–water partition coefficient (Wildman–Crippen LogP) is 6.42. The molecule has 0 bridgehead atoms. The fraction of sp³-hybridized carbons (Fsp3) is 0. The maximum Gasteiger partial charge on any atom is 0.282 e. The van der Waals surface area contributed by atoms with Gasteiger partial charge >= 0.3 is 0 Å². The van der Waals surface area contributed by atoms with Crippen molar-refractivity contribution < 1.29 is 14.5 Å². The summed E-state index contributed by atoms with van der Waals surface area (Å²) < 4.78 is 5.78. The van der Waals surface area contributed by atoms with E-state index in [0.29, 0.717) is 16.6 Å². The Bertz CT molecular complexity index is 1240. The van der Waals surface area contributed by atoms with Crippen molar-refractivity contribution in [2.45, 2.75) is 0 Å². The first-order valence-electron chi connectivity index (χ1n) is 9.04. The lowest BCUT2D eigenvalue weighted by atomic mass is 10.1. The third-order valence-corrected chi connectivity index (χ3v) is 5.25. The number of carbonyl (C=O) groups excluding carboxylic acids is 1. The maximum absolute atomic E-state index is 12.5. The summed E-state index contributed by atoms with van der Waals surface area (Å²) in [7, 11) is 0. The molecule has 3 aromatic carbocycles. The van der Waals surface area contributed by atoms with Crippen molar-refractivity contribution in [2.75, 3.05) is 5.32 Å². The molecule has 0 unspecified atom stereocenters. The van der Waals surface area contributed by atoms with Gasteiger partial charge in [0.1, 0.15) is 17.1 Å². The van der Waals surface area contributed by atoms with E-state index in [9.17, 15) is 14.9 Å². The number of aromatic nitrogens is 1. The van der Waals surface area contributed by atoms with Gasteiger partial charge in [0.25, 0.3) is 11.6 Å². The van der Waals surface area contributed by atoms with Crippen molar-refractivity contribution in [3.8, 4) is 22.8 Å². The molecular weight excluding hydrogens is 438 g/mol. The van der Waals surface area contributed by atoms with Gasteiger partial charge in [0, 0.05) is 22.0 Å². The van der Waals surface area contributed by atoms with E-state index in [1.165, 1.54) is 29.5 Å². The summed E-state index contributed by atoms with van der Waals surface area (Å²) in [6.45, 7) is 0. The number of rotatable bonds is 6. The summed E-state index contributed by atoms with van der Waals surface area (Å²) in [6, 6.07) is 20.6. The normalized spacial score (nSPS) is 10.5. The van der Waals surface area contributed by atoms with Crippen LogP contribution in [0.15, 0.2) is 78.2 Å². The lowest BCUT2D eigenvalue weighted by Crippen LogP contribution is -2.13. The molecule has 1 aromatic heterocycles. The van der Waals surface area contributed by atoms with Crippen LogP contribution in [-0.2, 0) is 0 Å². The minimum Gasteiger partial charge on any atom is -0.457 e. The van der Waals surface area contributed by atoms with E-state index in [4.69, 9.17) is 16.3 Å². The van der Waals surface area contributed by atoms with Crippen molar-refractivity contribution >= 4 is 39.7 Å². The Labute approximate surface area is 186 Å². The number of thiazole rings is 1. The zero-order valence-corrected chi connectivity index (χ0v) is 17.4. The molecule has 0 fully saturated rings. The number of nitrogens with zero attached hydrogens (tertiary/aromatic N) is 2. The highest BCUT2D eigenvalue weighted by Gasteiger charge is 2.21. The van der Waals surface area contributed by atoms with Crippen molar-refractivity contribution in [3.63, 3.8) is 0 Å². The Morgan fingerprint density at radius 3 is 2.45 bits per heavy atom. The molecule has 4 aromatic rings. The van der Waals surface area contributed by atoms with Gasteiger partial charge in [-0.25, -0.2) is 4.98 Å². The Morgan fingerprint density at radius 1 is 1.03 bits per heavy atom. The van der Waals surface area contributed by atoms with E-state index >= 15 is 0 Å². The van der Waals surface area contributed by atoms with Gasteiger partial charge in [-0.1, -0.05) is 29.8 Å². The van der Waals surface area contributed by atoms with Crippen molar-refractivity contribution in [1.29, 1.82) is 0 Å². The molecule has 4 rings (SSSR count). The number of nitro benzene ring substituents is 1. The zero-order valence-electron chi connectivity index (χ0n) is 15.8. The van der Waals surface area contributed by atoms with E-state index < -0.39 is 10.8 Å². The van der Waals surface area contributed by atoms with Gasteiger partial charge in [0.2, 0.25) is 0 Å². The van der Waals surface area contributed by atoms with Crippen LogP contribution in [0, 0.1) is 10.1 Å². The van der Waals surface area contributed by atoms with E-state index in [0.717, 1.165) is 11.3 Å². The summed E-state index contributed by atoms with van der Waals surface area (Å²) >= 11 is 7.11. The van der Waals surface area contributed by atoms with E-state index in [-0.39, 0.29) is 16.3 Å². The van der Waals surface area contributed by atoms with Gasteiger partial charge in [-0.3, -0.25) is 20.2 Å². The van der Waals surface area contributed by atoms with E-state index in [2.05, 4.69) is 10.3 Å². The van der Waals surface area contributed by atoms with Crippen molar-refractivity contribution in [2.24, 2.45) is 0 Å². The summed E-state index contributed by atoms with van der Waals surface area (Å²) in [4.78, 5) is 27.5. The Morgan fingerprint density at radius 2 is 1.74 bits per heavy atom. The van der Waals surface area contributed by atoms with Gasteiger partial charge in [0.15, 0.2) is 5.13 Å². The molecule has 9 heteroatoms. The number of benzene rings is 3. The van der Waals surface area contributed by atoms with Crippen LogP contribution >= 0.6 is 22.9 Å². The standard InChI is InChI=1S/C22H14ClN3O4S/c23-15-8-11-20(26(28)29)18(12-15)21(27)25-22-24-19(13-31-22)14-6-9-17(10-7-14)30-16-4-2-1-3-5-16/h1-13H,(H,24,25,27). The highest BCUT2D eigenvalue weighted by molar-refractivity contribution is 7.14. The van der Waals surface area contributed by atoms with Crippen LogP contribution < -0.4 is 10.1 Å². The van der Waals surface area contributed by atoms with Crippen LogP contribution in [0.2, 0.25) is 5.02 Å². The van der Waals surface area contributed by atoms with Crippen molar-refractivity contribution in [3.05, 3.63) is 98.9 Å². The van der Waals surface area contributed by atoms with Crippen LogP contribution in [0.1, 0.15) is 10.4 Å². The largest absolute Gasteiger partial charge is 0.457 e. The number of para-hydroxylation sites is 1. The molecule has 7 nitrogen and oxygen atoms in total. The Hall–Kier alpha value is -3.75. The van der Waals surface area contributed by atoms with Crippen LogP contribution in [-0.4, -0.2) is 15.8 Å². The fourth-order valence-electron chi connectivity index (χ4n) is 2.80. The SMILES string of the molecule is O=C(Nc1nc(-c2ccc(Oc3ccccc3)cc2)cs1)c1cc(Cl)ccc1[N+](=O)[O-]. The zero-order chi connectivity index (χ0) is 21.8. The number of ether oxygens (including phenoxy) is 1. The molecule has 154 valence electrons. The number of nitrogens with one attached hydrogen (secondary N) is 1. The second-order valence-corrected chi connectivity index (χ2v) is 7.64. The molecular formula is C22H14ClN3O4S. The minimum atomic E-state index is -0.651. The Balaban J connectivity index is 1.48. The number of anilines is 1. The monoisotopic (exact) mass is 451 g/mol. The number of hydrogen-bond acceptors (Lipinski definition) is 6. The van der Waals surface area contributed by atoms with Crippen molar-refractivity contribution in [1.82, 2.24) is 4.98 Å². The average Bonchev–Trinajstić information content (AvgIpc) is 3.23. The van der Waals surface area contributed by atoms with Gasteiger partial charge in [-0.15, -0.1) is 11.3 Å². The first-order chi connectivity index (χ1) is 15.0. The molecule has 1 amide bonds. The van der Waals surface area contributed by atoms with Crippen LogP contribution in [0.4, 0.5) is 10.8 Å². The molecule has 1 N–H and O–H groups in total. The number of hydrogen-bond donors (Lipinski definition) is 1. The lowest BCUT2D eigenvalue weighted by molar-refractivity contribution is -0.385. The number of nitro groups is 1. The third-order valence-electron chi connectivity index (χ3n) is 4.25. The predicted molar refractivity (Wildman–Crippen MR) is 120 cm³/mol. The first kappa shape index (κ1) is 20.5. The summed E-state index contributed by atoms with van der Waals surface area (Å²) in [6.07, 6.45) is 0. The molecule has 0 atom stereocenters. The number of carbonyl (C=O) groups is 1. The highest BCUT2D eigenvalue weighted by Crippen LogP contribution is 2.29. The number of halogens is 1. The molecule has 0 radical (unpaired) electrons. The third kappa shape index (κ3) is 4.88. The van der Waals surface area contributed by atoms with Gasteiger partial charge < -0.3 is 4.74 Å². The van der Waals surface area contributed by atoms with Gasteiger partial charge in [0.05, 0.1) is 10.6 Å². The molecule has 0 aliphatic rings. The molecule has 0 saturated carbocycles. The summed E-state index contributed by atoms with van der Waals surface area (Å²) in [5.41, 5.74) is 1.04. The smallest absolute Gasteiger partial charge is 0.282 e. The van der Waals surface area contributed by atoms with Crippen LogP contribution in [0.5, 0.6) is 11.5 Å². The Kier molecular flexibility index (Phi) is 5.92. The molecule has 0 aliphatic carbocycles. The minimum absolute atomic E-state index is 0.128. The second-order valence-electron chi connectivity index (χ2n) is 6.35. The first-order valence-corrected chi connectivity index (χ1v) is 10.3. The highest BCUT2D eigenvalue weighted by atomic mass is 35.5. The lowest BCUT2D eigenvalue weighted by Gasteiger charge is -2.06. The van der Waals surface area contributed by atoms with Crippen LogP contribution in [0.3, 0.4) is 0 Å². The molecule has 0 saturated heterocycles. The molecule has 0 aliphatic heterocycles. The number of amides is 1. The van der Waals surface area contributed by atoms with Crippen LogP contribution in [0.25, 0.3) is 11.3 Å². The quantitative estimate of drug-likeness (QED) is 0.270. The molecule has 1 heterocycles. The summed E-state index contributed by atoms with van der Waals surface area (Å²) in [5.74, 6) is 0.776. The fourth-order valence-corrected chi connectivity index (χ4v) is 3.68. The van der Waals surface area contributed by atoms with Gasteiger partial charge in [-0.2, -0.15) is 0 Å². The average molecular weight is 452 g/mol. The van der Waals surface area contributed by atoms with E-state index in [1.54, 1.807) is 5.38 Å². The van der Waals surface area contributed by atoms with Gasteiger partial charge in [-0.05, 0) is 48.5 Å². The van der Waals surface area contributed by atoms with E-state index in [1.807, 2.05) is 54.6 Å². The molecule has 0 spiro atoms. The summed E-state index contributed by atoms with van der Waals surface area (Å²) in [5, 5.41) is 16.1. The maximum atomic E-state index is 12.5.